The van der Waals surface area contributed by atoms with E-state index in [4.69, 9.17) is 14.2 Å². The molecule has 2 aliphatic rings. The lowest BCUT2D eigenvalue weighted by Crippen LogP contribution is -2.57. The number of rotatable bonds is 8. The fourth-order valence-corrected chi connectivity index (χ4v) is 6.81. The van der Waals surface area contributed by atoms with Gasteiger partial charge >= 0.3 is 6.09 Å². The van der Waals surface area contributed by atoms with Crippen LogP contribution in [0.2, 0.25) is 0 Å². The van der Waals surface area contributed by atoms with Crippen LogP contribution in [-0.2, 0) is 25.5 Å². The minimum Gasteiger partial charge on any atom is -0.444 e. The number of pyridine rings is 1. The van der Waals surface area contributed by atoms with Crippen molar-refractivity contribution in [1.82, 2.24) is 15.2 Å². The number of benzene rings is 3. The first-order valence-corrected chi connectivity index (χ1v) is 17.8. The van der Waals surface area contributed by atoms with Gasteiger partial charge in [-0.2, -0.15) is 0 Å². The van der Waals surface area contributed by atoms with Crippen molar-refractivity contribution in [2.24, 2.45) is 0 Å². The summed E-state index contributed by atoms with van der Waals surface area (Å²) in [6.07, 6.45) is 2.15. The van der Waals surface area contributed by atoms with Crippen molar-refractivity contribution in [3.63, 3.8) is 0 Å². The molecule has 2 aliphatic heterocycles. The number of carbonyl (C=O) groups is 2. The van der Waals surface area contributed by atoms with E-state index in [1.165, 1.54) is 54.7 Å². The van der Waals surface area contributed by atoms with Crippen molar-refractivity contribution in [3.05, 3.63) is 131 Å². The van der Waals surface area contributed by atoms with Crippen LogP contribution in [0.4, 0.5) is 23.7 Å². The number of hydrogen-bond donors (Lipinski definition) is 2. The number of alkyl carbamates (subject to hydrolysis) is 1. The van der Waals surface area contributed by atoms with Crippen molar-refractivity contribution in [2.45, 2.75) is 69.4 Å². The molecule has 0 aliphatic carbocycles. The summed E-state index contributed by atoms with van der Waals surface area (Å²) in [6, 6.07) is 19.4. The first kappa shape index (κ1) is 38.5. The summed E-state index contributed by atoms with van der Waals surface area (Å²) in [5, 5.41) is 5.37. The van der Waals surface area contributed by atoms with E-state index >= 15 is 4.39 Å². The largest absolute Gasteiger partial charge is 0.444 e. The lowest BCUT2D eigenvalue weighted by Gasteiger charge is -2.47. The van der Waals surface area contributed by atoms with E-state index in [1.54, 1.807) is 20.8 Å². The summed E-state index contributed by atoms with van der Waals surface area (Å²) >= 11 is 0. The second-order valence-electron chi connectivity index (χ2n) is 14.6. The van der Waals surface area contributed by atoms with Gasteiger partial charge in [0, 0.05) is 51.6 Å². The Morgan fingerprint density at radius 1 is 0.944 bits per heavy atom. The normalized spacial score (nSPS) is 17.6. The van der Waals surface area contributed by atoms with E-state index in [2.05, 4.69) is 44.5 Å². The molecule has 4 aromatic rings. The molecule has 9 nitrogen and oxygen atoms in total. The summed E-state index contributed by atoms with van der Waals surface area (Å²) in [6.45, 7) is 7.98. The zero-order chi connectivity index (χ0) is 38.3. The van der Waals surface area contributed by atoms with Crippen LogP contribution in [0.25, 0.3) is 0 Å². The number of morpholine rings is 1. The molecule has 2 atom stereocenters. The number of nitrogens with one attached hydrogen (secondary N) is 2. The van der Waals surface area contributed by atoms with Crippen LogP contribution in [0, 0.1) is 29.3 Å². The number of nitrogens with zero attached hydrogens (tertiary/aromatic N) is 2. The van der Waals surface area contributed by atoms with E-state index in [-0.39, 0.29) is 11.3 Å². The molecular formula is C42H43F3N4O5. The number of ether oxygens (including phenoxy) is 3. The van der Waals surface area contributed by atoms with Crippen LogP contribution < -0.4 is 10.6 Å². The SMILES string of the molecule is CC(C)(C)OC(=O)NC(C(=O)Nc1cncc(F)c1C#C[C@@H]1CN(Cc2ccccc2)CC2(CCOCC2)O1)C(c1ccc(F)cc1)c1ccc(F)cc1. The van der Waals surface area contributed by atoms with Crippen molar-refractivity contribution >= 4 is 17.7 Å². The number of hydrogen-bond acceptors (Lipinski definition) is 7. The lowest BCUT2D eigenvalue weighted by molar-refractivity contribution is -0.174. The number of halogens is 3. The first-order chi connectivity index (χ1) is 25.9. The summed E-state index contributed by atoms with van der Waals surface area (Å²) < 4.78 is 61.5. The minimum atomic E-state index is -1.42. The van der Waals surface area contributed by atoms with Gasteiger partial charge in [0.15, 0.2) is 5.82 Å². The van der Waals surface area contributed by atoms with Gasteiger partial charge < -0.3 is 24.8 Å². The molecule has 1 aromatic heterocycles. The van der Waals surface area contributed by atoms with Gasteiger partial charge in [-0.1, -0.05) is 66.4 Å². The molecule has 3 heterocycles. The average Bonchev–Trinajstić information content (AvgIpc) is 3.12. The predicted molar refractivity (Wildman–Crippen MR) is 197 cm³/mol. The third-order valence-corrected chi connectivity index (χ3v) is 9.24. The van der Waals surface area contributed by atoms with Crippen LogP contribution in [0.15, 0.2) is 91.3 Å². The van der Waals surface area contributed by atoms with Gasteiger partial charge in [0.25, 0.3) is 0 Å². The van der Waals surface area contributed by atoms with Crippen LogP contribution >= 0.6 is 0 Å². The number of amides is 2. The van der Waals surface area contributed by atoms with E-state index < -0.39 is 58.7 Å². The van der Waals surface area contributed by atoms with Crippen LogP contribution in [0.3, 0.4) is 0 Å². The predicted octanol–water partition coefficient (Wildman–Crippen LogP) is 6.96. The Labute approximate surface area is 313 Å². The third-order valence-electron chi connectivity index (χ3n) is 9.24. The Balaban J connectivity index is 1.32. The molecule has 2 amide bonds. The van der Waals surface area contributed by atoms with Gasteiger partial charge in [-0.3, -0.25) is 14.7 Å². The van der Waals surface area contributed by atoms with E-state index in [9.17, 15) is 18.4 Å². The topological polar surface area (TPSA) is 102 Å². The molecule has 0 radical (unpaired) electrons. The molecule has 2 saturated heterocycles. The Bertz CT molecular complexity index is 1930. The zero-order valence-corrected chi connectivity index (χ0v) is 30.4. The summed E-state index contributed by atoms with van der Waals surface area (Å²) in [7, 11) is 0. The molecule has 2 fully saturated rings. The number of carbonyl (C=O) groups excluding carboxylic acids is 2. The molecule has 12 heteroatoms. The Morgan fingerprint density at radius 3 is 2.19 bits per heavy atom. The first-order valence-electron chi connectivity index (χ1n) is 17.8. The summed E-state index contributed by atoms with van der Waals surface area (Å²) in [4.78, 5) is 33.8. The van der Waals surface area contributed by atoms with E-state index in [0.717, 1.165) is 11.8 Å². The van der Waals surface area contributed by atoms with Crippen LogP contribution in [-0.4, -0.2) is 71.5 Å². The molecule has 0 saturated carbocycles. The van der Waals surface area contributed by atoms with Gasteiger partial charge in [0.05, 0.1) is 29.2 Å². The highest BCUT2D eigenvalue weighted by Crippen LogP contribution is 2.33. The highest BCUT2D eigenvalue weighted by molar-refractivity contribution is 5.98. The van der Waals surface area contributed by atoms with Crippen LogP contribution in [0.1, 0.15) is 61.8 Å². The maximum absolute atomic E-state index is 15.6. The van der Waals surface area contributed by atoms with E-state index in [1.807, 2.05) is 18.2 Å². The maximum Gasteiger partial charge on any atom is 0.408 e. The standard InChI is InChI=1S/C42H43F3N4O5/c1-41(2,3)54-40(51)48-38(37(29-9-13-31(43)14-10-29)30-11-15-32(44)16-12-30)39(50)47-36-24-46-23-35(45)34(36)18-17-33-26-49(25-28-7-5-4-6-8-28)27-42(53-33)19-21-52-22-20-42/h4-16,23-24,33,37-38H,19-22,25-27H2,1-3H3,(H,47,50)(H,48,51)/t33-,38?/m1/s1. The van der Waals surface area contributed by atoms with Crippen molar-refractivity contribution in [2.75, 3.05) is 31.6 Å². The van der Waals surface area contributed by atoms with Crippen LogP contribution in [0.5, 0.6) is 0 Å². The average molecular weight is 741 g/mol. The molecule has 6 rings (SSSR count). The van der Waals surface area contributed by atoms with Gasteiger partial charge in [-0.15, -0.1) is 0 Å². The Hall–Kier alpha value is -5.22. The fourth-order valence-electron chi connectivity index (χ4n) is 6.81. The number of anilines is 1. The van der Waals surface area contributed by atoms with Crippen molar-refractivity contribution < 1.29 is 37.0 Å². The molecular weight excluding hydrogens is 697 g/mol. The molecule has 54 heavy (non-hydrogen) atoms. The number of aromatic nitrogens is 1. The molecule has 2 N–H and O–H groups in total. The maximum atomic E-state index is 15.6. The Kier molecular flexibility index (Phi) is 12.0. The summed E-state index contributed by atoms with van der Waals surface area (Å²) in [5.74, 6) is 2.50. The van der Waals surface area contributed by atoms with Crippen molar-refractivity contribution in [3.8, 4) is 11.8 Å². The highest BCUT2D eigenvalue weighted by atomic mass is 19.1. The third kappa shape index (κ3) is 10.0. The lowest BCUT2D eigenvalue weighted by atomic mass is 9.84. The van der Waals surface area contributed by atoms with E-state index in [0.29, 0.717) is 56.8 Å². The van der Waals surface area contributed by atoms with Gasteiger partial charge in [-0.05, 0) is 61.7 Å². The zero-order valence-electron chi connectivity index (χ0n) is 30.4. The Morgan fingerprint density at radius 2 is 1.57 bits per heavy atom. The molecule has 282 valence electrons. The minimum absolute atomic E-state index is 0.0434. The van der Waals surface area contributed by atoms with Gasteiger partial charge in [0.2, 0.25) is 5.91 Å². The molecule has 1 unspecified atom stereocenters. The quantitative estimate of drug-likeness (QED) is 0.188. The second kappa shape index (κ2) is 16.8. The molecule has 0 bridgehead atoms. The smallest absolute Gasteiger partial charge is 0.408 e. The van der Waals surface area contributed by atoms with Crippen molar-refractivity contribution in [1.29, 1.82) is 0 Å². The highest BCUT2D eigenvalue weighted by Gasteiger charge is 2.42. The summed E-state index contributed by atoms with van der Waals surface area (Å²) in [5.41, 5.74) is 0.462. The van der Waals surface area contributed by atoms with Gasteiger partial charge in [-0.25, -0.2) is 18.0 Å². The molecule has 3 aromatic carbocycles. The second-order valence-corrected chi connectivity index (χ2v) is 14.6. The van der Waals surface area contributed by atoms with Gasteiger partial charge in [0.1, 0.15) is 29.4 Å². The monoisotopic (exact) mass is 740 g/mol. The molecule has 1 spiro atoms. The fraction of sp³-hybridized carbons (Fsp3) is 0.357.